The molecule has 0 radical (unpaired) electrons. The largest absolute Gasteiger partial charge is 0.384 e. The van der Waals surface area contributed by atoms with E-state index in [1.807, 2.05) is 24.4 Å². The molecule has 3 rings (SSSR count). The molecular weight excluding hydrogens is 270 g/mol. The van der Waals surface area contributed by atoms with E-state index < -0.39 is 0 Å². The smallest absolute Gasteiger partial charge is 0.251 e. The third kappa shape index (κ3) is 2.67. The molecule has 2 aromatic rings. The summed E-state index contributed by atoms with van der Waals surface area (Å²) in [6.45, 7) is 3.56. The first-order valence-electron chi connectivity index (χ1n) is 6.85. The average Bonchev–Trinajstić information content (AvgIpc) is 3.12. The standard InChI is InChI=1S/C15H17N3OS/c1-2-12-8-17-14(20-12)9-18-15(19)11-3-4-13-10(7-11)5-6-16-13/h3-4,7-8,16H,2,5-6,9H2,1H3,(H,18,19). The van der Waals surface area contributed by atoms with Crippen LogP contribution in [-0.4, -0.2) is 17.4 Å². The van der Waals surface area contributed by atoms with Gasteiger partial charge in [-0.3, -0.25) is 4.79 Å². The zero-order valence-electron chi connectivity index (χ0n) is 11.4. The Morgan fingerprint density at radius 2 is 2.40 bits per heavy atom. The number of benzene rings is 1. The van der Waals surface area contributed by atoms with Crippen LogP contribution in [0.15, 0.2) is 24.4 Å². The van der Waals surface area contributed by atoms with Gasteiger partial charge < -0.3 is 10.6 Å². The van der Waals surface area contributed by atoms with Crippen molar-refractivity contribution in [1.82, 2.24) is 10.3 Å². The molecule has 0 unspecified atom stereocenters. The molecule has 1 aromatic heterocycles. The summed E-state index contributed by atoms with van der Waals surface area (Å²) in [5.41, 5.74) is 3.09. The van der Waals surface area contributed by atoms with Crippen LogP contribution in [0, 0.1) is 0 Å². The molecule has 1 aliphatic heterocycles. The zero-order valence-corrected chi connectivity index (χ0v) is 12.2. The second-order valence-corrected chi connectivity index (χ2v) is 6.00. The highest BCUT2D eigenvalue weighted by Crippen LogP contribution is 2.23. The lowest BCUT2D eigenvalue weighted by molar-refractivity contribution is 0.0951. The number of hydrogen-bond donors (Lipinski definition) is 2. The van der Waals surface area contributed by atoms with Crippen molar-refractivity contribution in [2.24, 2.45) is 0 Å². The van der Waals surface area contributed by atoms with Crippen molar-refractivity contribution >= 4 is 22.9 Å². The topological polar surface area (TPSA) is 54.0 Å². The molecule has 1 aliphatic rings. The fourth-order valence-electron chi connectivity index (χ4n) is 2.30. The summed E-state index contributed by atoms with van der Waals surface area (Å²) in [5, 5.41) is 7.18. The fourth-order valence-corrected chi connectivity index (χ4v) is 3.10. The molecule has 20 heavy (non-hydrogen) atoms. The average molecular weight is 287 g/mol. The summed E-state index contributed by atoms with van der Waals surface area (Å²) in [5.74, 6) is -0.0343. The Balaban J connectivity index is 1.64. The molecule has 1 amide bonds. The highest BCUT2D eigenvalue weighted by Gasteiger charge is 2.13. The van der Waals surface area contributed by atoms with Gasteiger partial charge in [0, 0.05) is 28.9 Å². The minimum Gasteiger partial charge on any atom is -0.384 e. The quantitative estimate of drug-likeness (QED) is 0.909. The summed E-state index contributed by atoms with van der Waals surface area (Å²) in [4.78, 5) is 17.7. The zero-order chi connectivity index (χ0) is 13.9. The van der Waals surface area contributed by atoms with Crippen molar-refractivity contribution in [3.8, 4) is 0 Å². The number of fused-ring (bicyclic) bond motifs is 1. The van der Waals surface area contributed by atoms with E-state index in [0.717, 1.165) is 35.6 Å². The summed E-state index contributed by atoms with van der Waals surface area (Å²) < 4.78 is 0. The molecule has 2 N–H and O–H groups in total. The number of aryl methyl sites for hydroxylation is 1. The SMILES string of the molecule is CCc1cnc(CNC(=O)c2ccc3c(c2)CCN3)s1. The molecular formula is C15H17N3OS. The maximum absolute atomic E-state index is 12.1. The first kappa shape index (κ1) is 13.1. The molecule has 0 aliphatic carbocycles. The van der Waals surface area contributed by atoms with Crippen LogP contribution >= 0.6 is 11.3 Å². The van der Waals surface area contributed by atoms with Crippen molar-refractivity contribution in [1.29, 1.82) is 0 Å². The molecule has 0 saturated heterocycles. The summed E-state index contributed by atoms with van der Waals surface area (Å²) in [7, 11) is 0. The van der Waals surface area contributed by atoms with Crippen LogP contribution < -0.4 is 10.6 Å². The molecule has 0 bridgehead atoms. The molecule has 0 fully saturated rings. The first-order chi connectivity index (χ1) is 9.76. The highest BCUT2D eigenvalue weighted by atomic mass is 32.1. The van der Waals surface area contributed by atoms with Crippen LogP contribution in [0.5, 0.6) is 0 Å². The molecule has 2 heterocycles. The van der Waals surface area contributed by atoms with Gasteiger partial charge in [-0.2, -0.15) is 0 Å². The van der Waals surface area contributed by atoms with Gasteiger partial charge in [0.2, 0.25) is 0 Å². The fraction of sp³-hybridized carbons (Fsp3) is 0.333. The Morgan fingerprint density at radius 1 is 1.50 bits per heavy atom. The molecule has 0 saturated carbocycles. The lowest BCUT2D eigenvalue weighted by Crippen LogP contribution is -2.22. The number of anilines is 1. The molecule has 4 nitrogen and oxygen atoms in total. The van der Waals surface area contributed by atoms with Crippen molar-refractivity contribution in [3.05, 3.63) is 45.4 Å². The van der Waals surface area contributed by atoms with E-state index in [1.54, 1.807) is 11.3 Å². The number of rotatable bonds is 4. The highest BCUT2D eigenvalue weighted by molar-refractivity contribution is 7.11. The van der Waals surface area contributed by atoms with Crippen molar-refractivity contribution in [2.45, 2.75) is 26.3 Å². The van der Waals surface area contributed by atoms with E-state index in [2.05, 4.69) is 22.5 Å². The van der Waals surface area contributed by atoms with Gasteiger partial charge in [-0.05, 0) is 36.6 Å². The second kappa shape index (κ2) is 5.63. The lowest BCUT2D eigenvalue weighted by atomic mass is 10.1. The Labute approximate surface area is 122 Å². The van der Waals surface area contributed by atoms with Crippen LogP contribution in [0.4, 0.5) is 5.69 Å². The predicted molar refractivity (Wildman–Crippen MR) is 81.3 cm³/mol. The van der Waals surface area contributed by atoms with E-state index in [-0.39, 0.29) is 5.91 Å². The van der Waals surface area contributed by atoms with Crippen LogP contribution in [0.3, 0.4) is 0 Å². The van der Waals surface area contributed by atoms with E-state index in [0.29, 0.717) is 6.54 Å². The number of carbonyl (C=O) groups is 1. The van der Waals surface area contributed by atoms with Crippen molar-refractivity contribution in [2.75, 3.05) is 11.9 Å². The summed E-state index contributed by atoms with van der Waals surface area (Å²) in [6.07, 6.45) is 3.86. The Bertz CT molecular complexity index is 636. The van der Waals surface area contributed by atoms with Gasteiger partial charge in [0.05, 0.1) is 6.54 Å². The van der Waals surface area contributed by atoms with Crippen LogP contribution in [0.1, 0.15) is 32.7 Å². The number of aromatic nitrogens is 1. The number of thiazole rings is 1. The van der Waals surface area contributed by atoms with Gasteiger partial charge >= 0.3 is 0 Å². The van der Waals surface area contributed by atoms with E-state index in [1.165, 1.54) is 10.4 Å². The normalized spacial score (nSPS) is 12.8. The van der Waals surface area contributed by atoms with Crippen LogP contribution in [0.25, 0.3) is 0 Å². The van der Waals surface area contributed by atoms with Gasteiger partial charge in [0.25, 0.3) is 5.91 Å². The Kier molecular flexibility index (Phi) is 3.69. The van der Waals surface area contributed by atoms with E-state index in [9.17, 15) is 4.79 Å². The number of amides is 1. The second-order valence-electron chi connectivity index (χ2n) is 4.81. The summed E-state index contributed by atoms with van der Waals surface area (Å²) in [6, 6.07) is 5.83. The monoisotopic (exact) mass is 287 g/mol. The molecule has 5 heteroatoms. The lowest BCUT2D eigenvalue weighted by Gasteiger charge is -2.05. The summed E-state index contributed by atoms with van der Waals surface area (Å²) >= 11 is 1.65. The molecule has 104 valence electrons. The number of nitrogens with zero attached hydrogens (tertiary/aromatic N) is 1. The minimum atomic E-state index is -0.0343. The van der Waals surface area contributed by atoms with Gasteiger partial charge in [-0.25, -0.2) is 4.98 Å². The number of carbonyl (C=O) groups excluding carboxylic acids is 1. The molecule has 0 atom stereocenters. The number of hydrogen-bond acceptors (Lipinski definition) is 4. The van der Waals surface area contributed by atoms with Gasteiger partial charge in [0.1, 0.15) is 5.01 Å². The van der Waals surface area contributed by atoms with Gasteiger partial charge in [-0.15, -0.1) is 11.3 Å². The maximum Gasteiger partial charge on any atom is 0.251 e. The maximum atomic E-state index is 12.1. The predicted octanol–water partition coefficient (Wildman–Crippen LogP) is 2.60. The Morgan fingerprint density at radius 3 is 3.20 bits per heavy atom. The van der Waals surface area contributed by atoms with E-state index in [4.69, 9.17) is 0 Å². The third-order valence-electron chi connectivity index (χ3n) is 3.43. The van der Waals surface area contributed by atoms with Gasteiger partial charge in [0.15, 0.2) is 0 Å². The van der Waals surface area contributed by atoms with Crippen molar-refractivity contribution < 1.29 is 4.79 Å². The minimum absolute atomic E-state index is 0.0343. The Hall–Kier alpha value is -1.88. The number of nitrogens with one attached hydrogen (secondary N) is 2. The van der Waals surface area contributed by atoms with Gasteiger partial charge in [-0.1, -0.05) is 6.92 Å². The van der Waals surface area contributed by atoms with E-state index >= 15 is 0 Å². The molecule has 0 spiro atoms. The van der Waals surface area contributed by atoms with Crippen LogP contribution in [-0.2, 0) is 19.4 Å². The molecule has 1 aromatic carbocycles. The first-order valence-corrected chi connectivity index (χ1v) is 7.66. The van der Waals surface area contributed by atoms with Crippen LogP contribution in [0.2, 0.25) is 0 Å². The van der Waals surface area contributed by atoms with Crippen molar-refractivity contribution in [3.63, 3.8) is 0 Å². The third-order valence-corrected chi connectivity index (χ3v) is 4.57.